The number of ether oxygens (including phenoxy) is 2. The maximum absolute atomic E-state index is 13.6. The minimum absolute atomic E-state index is 0.0770. The standard InChI is InChI=1S/C30H40N2O4/c1-29-17-25(19-6-10-22(11-7-19)32(2)3)28-23-13-9-21(31-34)16-20(23)8-12-24(28)26(29)14-15-30(29,36-5)27(33)18-35-4/h6-7,10-11,16,24-26,34H,8-9,12-15,17-18H2,1-5H3/t24-,25?,26-,29-,30-/m0/s1. The Morgan fingerprint density at radius 1 is 1.14 bits per heavy atom. The number of nitrogens with zero attached hydrogens (tertiary/aromatic N) is 2. The lowest BCUT2D eigenvalue weighted by atomic mass is 9.50. The highest BCUT2D eigenvalue weighted by molar-refractivity contribution is 5.97. The van der Waals surface area contributed by atoms with Crippen LogP contribution in [0.4, 0.5) is 5.69 Å². The summed E-state index contributed by atoms with van der Waals surface area (Å²) >= 11 is 0. The van der Waals surface area contributed by atoms with Crippen molar-refractivity contribution < 1.29 is 19.5 Å². The number of allylic oxidation sites excluding steroid dienone is 4. The van der Waals surface area contributed by atoms with Gasteiger partial charge >= 0.3 is 0 Å². The summed E-state index contributed by atoms with van der Waals surface area (Å²) in [5.41, 5.74) is 6.56. The molecule has 1 aromatic rings. The van der Waals surface area contributed by atoms with E-state index < -0.39 is 5.60 Å². The second-order valence-electron chi connectivity index (χ2n) is 11.5. The van der Waals surface area contributed by atoms with Gasteiger partial charge < -0.3 is 19.6 Å². The zero-order valence-electron chi connectivity index (χ0n) is 22.3. The van der Waals surface area contributed by atoms with E-state index in [1.807, 2.05) is 0 Å². The Hall–Kier alpha value is -2.44. The maximum atomic E-state index is 13.6. The molecule has 2 saturated carbocycles. The van der Waals surface area contributed by atoms with E-state index in [-0.39, 0.29) is 23.7 Å². The van der Waals surface area contributed by atoms with Crippen LogP contribution >= 0.6 is 0 Å². The van der Waals surface area contributed by atoms with Gasteiger partial charge in [-0.25, -0.2) is 0 Å². The molecule has 0 radical (unpaired) electrons. The lowest BCUT2D eigenvalue weighted by molar-refractivity contribution is -0.166. The van der Waals surface area contributed by atoms with Crippen molar-refractivity contribution in [3.8, 4) is 0 Å². The van der Waals surface area contributed by atoms with Gasteiger partial charge in [-0.15, -0.1) is 0 Å². The van der Waals surface area contributed by atoms with Crippen molar-refractivity contribution in [2.45, 2.75) is 63.4 Å². The lowest BCUT2D eigenvalue weighted by Gasteiger charge is -2.55. The largest absolute Gasteiger partial charge is 0.411 e. The van der Waals surface area contributed by atoms with Crippen LogP contribution in [0, 0.1) is 17.3 Å². The van der Waals surface area contributed by atoms with Crippen LogP contribution in [-0.4, -0.2) is 57.2 Å². The number of anilines is 1. The fourth-order valence-electron chi connectivity index (χ4n) is 8.20. The smallest absolute Gasteiger partial charge is 0.190 e. The van der Waals surface area contributed by atoms with Gasteiger partial charge in [-0.05, 0) is 91.7 Å². The van der Waals surface area contributed by atoms with Gasteiger partial charge in [0.2, 0.25) is 0 Å². The van der Waals surface area contributed by atoms with Crippen LogP contribution in [0.15, 0.2) is 52.2 Å². The van der Waals surface area contributed by atoms with E-state index in [0.717, 1.165) is 50.7 Å². The predicted molar refractivity (Wildman–Crippen MR) is 142 cm³/mol. The molecule has 0 aliphatic heterocycles. The fourth-order valence-corrected chi connectivity index (χ4v) is 8.20. The summed E-state index contributed by atoms with van der Waals surface area (Å²) < 4.78 is 11.6. The van der Waals surface area contributed by atoms with Gasteiger partial charge in [-0.2, -0.15) is 0 Å². The molecule has 0 bridgehead atoms. The van der Waals surface area contributed by atoms with E-state index in [1.54, 1.807) is 19.8 Å². The van der Waals surface area contributed by atoms with Crippen LogP contribution in [0.3, 0.4) is 0 Å². The van der Waals surface area contributed by atoms with Gasteiger partial charge in [0.25, 0.3) is 0 Å². The van der Waals surface area contributed by atoms with Crippen LogP contribution in [0.1, 0.15) is 63.4 Å². The minimum Gasteiger partial charge on any atom is -0.411 e. The molecule has 0 saturated heterocycles. The molecule has 6 nitrogen and oxygen atoms in total. The molecule has 0 spiro atoms. The van der Waals surface area contributed by atoms with Crippen molar-refractivity contribution in [1.82, 2.24) is 0 Å². The third-order valence-corrected chi connectivity index (χ3v) is 9.88. The van der Waals surface area contributed by atoms with E-state index in [0.29, 0.717) is 11.8 Å². The molecule has 4 aliphatic rings. The molecule has 194 valence electrons. The number of ketones is 1. The van der Waals surface area contributed by atoms with Crippen molar-refractivity contribution in [1.29, 1.82) is 0 Å². The number of benzene rings is 1. The van der Waals surface area contributed by atoms with Gasteiger partial charge in [-0.3, -0.25) is 4.79 Å². The Morgan fingerprint density at radius 3 is 2.53 bits per heavy atom. The average Bonchev–Trinajstić information content (AvgIpc) is 3.20. The second-order valence-corrected chi connectivity index (χ2v) is 11.5. The third-order valence-electron chi connectivity index (χ3n) is 9.88. The zero-order valence-corrected chi connectivity index (χ0v) is 22.3. The highest BCUT2D eigenvalue weighted by atomic mass is 16.5. The number of rotatable bonds is 6. The van der Waals surface area contributed by atoms with Crippen molar-refractivity contribution in [3.05, 3.63) is 52.6 Å². The van der Waals surface area contributed by atoms with E-state index >= 15 is 0 Å². The summed E-state index contributed by atoms with van der Waals surface area (Å²) in [6, 6.07) is 8.96. The number of fused-ring (bicyclic) bond motifs is 4. The predicted octanol–water partition coefficient (Wildman–Crippen LogP) is 5.51. The number of Topliss-reactive ketones (excluding diaryl/α,β-unsaturated/α-hetero) is 1. The van der Waals surface area contributed by atoms with Crippen LogP contribution in [-0.2, 0) is 14.3 Å². The molecule has 2 fully saturated rings. The minimum atomic E-state index is -0.814. The van der Waals surface area contributed by atoms with Crippen LogP contribution in [0.5, 0.6) is 0 Å². The Labute approximate surface area is 215 Å². The van der Waals surface area contributed by atoms with E-state index in [4.69, 9.17) is 9.47 Å². The Balaban J connectivity index is 1.66. The highest BCUT2D eigenvalue weighted by Crippen LogP contribution is 2.67. The molecule has 1 aromatic carbocycles. The van der Waals surface area contributed by atoms with E-state index in [9.17, 15) is 10.0 Å². The maximum Gasteiger partial charge on any atom is 0.190 e. The molecular formula is C30H40N2O4. The SMILES string of the molecule is COCC(=O)[C@@]1(OC)CC[C@H]2[C@@H]3CCC4=CC(=NO)CCC4=C3C(c3ccc(N(C)C)cc3)C[C@@]21C. The van der Waals surface area contributed by atoms with Crippen molar-refractivity contribution in [2.24, 2.45) is 22.4 Å². The molecule has 6 heteroatoms. The molecule has 5 rings (SSSR count). The van der Waals surface area contributed by atoms with Crippen molar-refractivity contribution in [3.63, 3.8) is 0 Å². The topological polar surface area (TPSA) is 71.4 Å². The summed E-state index contributed by atoms with van der Waals surface area (Å²) in [4.78, 5) is 15.7. The molecule has 1 unspecified atom stereocenters. The number of hydrogen-bond acceptors (Lipinski definition) is 6. The summed E-state index contributed by atoms with van der Waals surface area (Å²) in [6.07, 6.45) is 8.49. The highest BCUT2D eigenvalue weighted by Gasteiger charge is 2.66. The molecule has 5 atom stereocenters. The first-order chi connectivity index (χ1) is 17.3. The first-order valence-electron chi connectivity index (χ1n) is 13.3. The fraction of sp³-hybridized carbons (Fsp3) is 0.600. The van der Waals surface area contributed by atoms with Gasteiger partial charge in [0, 0.05) is 45.3 Å². The Kier molecular flexibility index (Phi) is 6.63. The molecule has 36 heavy (non-hydrogen) atoms. The molecular weight excluding hydrogens is 452 g/mol. The number of carbonyl (C=O) groups is 1. The van der Waals surface area contributed by atoms with E-state index in [1.165, 1.54) is 22.4 Å². The van der Waals surface area contributed by atoms with Gasteiger partial charge in [-0.1, -0.05) is 29.8 Å². The second kappa shape index (κ2) is 9.46. The summed E-state index contributed by atoms with van der Waals surface area (Å²) in [5.74, 6) is 1.12. The average molecular weight is 493 g/mol. The van der Waals surface area contributed by atoms with Gasteiger partial charge in [0.1, 0.15) is 12.2 Å². The molecule has 1 N–H and O–H groups in total. The Morgan fingerprint density at radius 2 is 1.89 bits per heavy atom. The lowest BCUT2D eigenvalue weighted by Crippen LogP contribution is -2.57. The van der Waals surface area contributed by atoms with Gasteiger partial charge in [0.05, 0.1) is 5.71 Å². The summed E-state index contributed by atoms with van der Waals surface area (Å²) in [7, 11) is 7.44. The number of hydrogen-bond donors (Lipinski definition) is 1. The van der Waals surface area contributed by atoms with Crippen molar-refractivity contribution >= 4 is 17.2 Å². The number of carbonyl (C=O) groups excluding carboxylic acids is 1. The number of oxime groups is 1. The summed E-state index contributed by atoms with van der Waals surface area (Å²) in [6.45, 7) is 2.40. The molecule has 0 heterocycles. The third kappa shape index (κ3) is 3.67. The monoisotopic (exact) mass is 492 g/mol. The van der Waals surface area contributed by atoms with Crippen LogP contribution < -0.4 is 4.90 Å². The zero-order chi connectivity index (χ0) is 25.7. The molecule has 0 aromatic heterocycles. The quantitative estimate of drug-likeness (QED) is 0.419. The van der Waals surface area contributed by atoms with Crippen LogP contribution in [0.25, 0.3) is 0 Å². The Bertz CT molecular complexity index is 1120. The normalized spacial score (nSPS) is 34.6. The number of methoxy groups -OCH3 is 2. The molecule has 0 amide bonds. The summed E-state index contributed by atoms with van der Waals surface area (Å²) in [5, 5.41) is 12.9. The first-order valence-corrected chi connectivity index (χ1v) is 13.3. The first kappa shape index (κ1) is 25.2. The van der Waals surface area contributed by atoms with Gasteiger partial charge in [0.15, 0.2) is 5.78 Å². The molecule has 4 aliphatic carbocycles. The van der Waals surface area contributed by atoms with E-state index in [2.05, 4.69) is 61.4 Å². The van der Waals surface area contributed by atoms with Crippen LogP contribution in [0.2, 0.25) is 0 Å². The van der Waals surface area contributed by atoms with Crippen molar-refractivity contribution in [2.75, 3.05) is 39.8 Å².